The van der Waals surface area contributed by atoms with E-state index in [-0.39, 0.29) is 5.75 Å². The average Bonchev–Trinajstić information content (AvgIpc) is 3.04. The highest BCUT2D eigenvalue weighted by Crippen LogP contribution is 2.31. The van der Waals surface area contributed by atoms with Crippen LogP contribution in [0, 0.1) is 5.92 Å². The molecule has 5 heteroatoms. The summed E-state index contributed by atoms with van der Waals surface area (Å²) in [6.07, 6.45) is 5.49. The van der Waals surface area contributed by atoms with E-state index in [4.69, 9.17) is 4.74 Å². The van der Waals surface area contributed by atoms with Crippen LogP contribution in [-0.4, -0.2) is 40.4 Å². The third kappa shape index (κ3) is 4.34. The number of phenols is 1. The van der Waals surface area contributed by atoms with Crippen molar-refractivity contribution in [3.8, 4) is 11.5 Å². The molecule has 5 nitrogen and oxygen atoms in total. The van der Waals surface area contributed by atoms with Gasteiger partial charge in [-0.05, 0) is 55.0 Å². The van der Waals surface area contributed by atoms with Gasteiger partial charge in [-0.2, -0.15) is 5.10 Å². The van der Waals surface area contributed by atoms with Crippen LogP contribution in [0.4, 0.5) is 0 Å². The van der Waals surface area contributed by atoms with Crippen molar-refractivity contribution in [3.05, 3.63) is 41.2 Å². The first kappa shape index (κ1) is 17.8. The van der Waals surface area contributed by atoms with Crippen molar-refractivity contribution < 1.29 is 9.84 Å². The van der Waals surface area contributed by atoms with Gasteiger partial charge in [-0.1, -0.05) is 19.9 Å². The maximum Gasteiger partial charge on any atom is 0.160 e. The van der Waals surface area contributed by atoms with E-state index in [9.17, 15) is 5.11 Å². The fourth-order valence-corrected chi connectivity index (χ4v) is 3.79. The van der Waals surface area contributed by atoms with Crippen molar-refractivity contribution in [1.82, 2.24) is 15.1 Å². The molecule has 0 aliphatic carbocycles. The fourth-order valence-electron chi connectivity index (χ4n) is 3.79. The van der Waals surface area contributed by atoms with Gasteiger partial charge in [0.1, 0.15) is 0 Å². The van der Waals surface area contributed by atoms with Gasteiger partial charge in [-0.3, -0.25) is 10.00 Å². The molecule has 136 valence electrons. The lowest BCUT2D eigenvalue weighted by Crippen LogP contribution is -2.34. The summed E-state index contributed by atoms with van der Waals surface area (Å²) in [5.74, 6) is 1.89. The lowest BCUT2D eigenvalue weighted by atomic mass is 9.90. The molecule has 1 saturated heterocycles. The van der Waals surface area contributed by atoms with Gasteiger partial charge < -0.3 is 9.84 Å². The molecule has 0 amide bonds. The Kier molecular flexibility index (Phi) is 5.63. The Bertz CT molecular complexity index is 696. The first-order valence-electron chi connectivity index (χ1n) is 9.17. The highest BCUT2D eigenvalue weighted by molar-refractivity contribution is 5.41. The standard InChI is InChI=1S/C20H29N3O2/c1-14(2)9-17-11-21-22-20(17)16-5-4-8-23(13-16)12-15-6-7-18(24)19(10-15)25-3/h6-7,10-11,14,16,24H,4-5,8-9,12-13H2,1-3H3,(H,21,22). The Balaban J connectivity index is 1.68. The van der Waals surface area contributed by atoms with Crippen LogP contribution < -0.4 is 4.74 Å². The van der Waals surface area contributed by atoms with Gasteiger partial charge in [0, 0.05) is 24.7 Å². The number of aromatic hydroxyl groups is 1. The molecule has 1 aliphatic heterocycles. The maximum atomic E-state index is 9.76. The van der Waals surface area contributed by atoms with E-state index >= 15 is 0 Å². The zero-order chi connectivity index (χ0) is 17.8. The maximum absolute atomic E-state index is 9.76. The molecule has 2 N–H and O–H groups in total. The predicted octanol–water partition coefficient (Wildman–Crippen LogP) is 3.70. The fraction of sp³-hybridized carbons (Fsp3) is 0.550. The summed E-state index contributed by atoms with van der Waals surface area (Å²) in [5, 5.41) is 17.3. The number of methoxy groups -OCH3 is 1. The molecule has 0 saturated carbocycles. The highest BCUT2D eigenvalue weighted by atomic mass is 16.5. The Morgan fingerprint density at radius 3 is 3.00 bits per heavy atom. The van der Waals surface area contributed by atoms with Crippen LogP contribution in [-0.2, 0) is 13.0 Å². The number of phenolic OH excluding ortho intramolecular Hbond substituents is 1. The molecule has 1 unspecified atom stereocenters. The average molecular weight is 343 g/mol. The zero-order valence-corrected chi connectivity index (χ0v) is 15.5. The predicted molar refractivity (Wildman–Crippen MR) is 99.0 cm³/mol. The summed E-state index contributed by atoms with van der Waals surface area (Å²) in [4.78, 5) is 2.49. The van der Waals surface area contributed by atoms with E-state index in [1.807, 2.05) is 18.3 Å². The molecule has 1 fully saturated rings. The second-order valence-corrected chi connectivity index (χ2v) is 7.49. The van der Waals surface area contributed by atoms with E-state index in [0.29, 0.717) is 17.6 Å². The molecule has 1 aliphatic rings. The SMILES string of the molecule is COc1cc(CN2CCCC(c3[nH]ncc3CC(C)C)C2)ccc1O. The largest absolute Gasteiger partial charge is 0.504 e. The number of hydrogen-bond acceptors (Lipinski definition) is 4. The van der Waals surface area contributed by atoms with Gasteiger partial charge in [-0.15, -0.1) is 0 Å². The molecule has 1 atom stereocenters. The third-order valence-electron chi connectivity index (χ3n) is 4.94. The Hall–Kier alpha value is -2.01. The zero-order valence-electron chi connectivity index (χ0n) is 15.5. The van der Waals surface area contributed by atoms with E-state index in [2.05, 4.69) is 28.9 Å². The number of piperidine rings is 1. The summed E-state index contributed by atoms with van der Waals surface area (Å²) >= 11 is 0. The van der Waals surface area contributed by atoms with Crippen molar-refractivity contribution in [3.63, 3.8) is 0 Å². The molecule has 25 heavy (non-hydrogen) atoms. The first-order chi connectivity index (χ1) is 12.1. The van der Waals surface area contributed by atoms with E-state index in [1.54, 1.807) is 13.2 Å². The summed E-state index contributed by atoms with van der Waals surface area (Å²) in [6.45, 7) is 7.52. The molecular weight excluding hydrogens is 314 g/mol. The molecule has 2 heterocycles. The summed E-state index contributed by atoms with van der Waals surface area (Å²) in [5.41, 5.74) is 3.86. The minimum atomic E-state index is 0.193. The van der Waals surface area contributed by atoms with E-state index < -0.39 is 0 Å². The Morgan fingerprint density at radius 2 is 2.24 bits per heavy atom. The molecule has 1 aromatic heterocycles. The Labute approximate surface area is 150 Å². The van der Waals surface area contributed by atoms with Crippen molar-refractivity contribution >= 4 is 0 Å². The number of aromatic amines is 1. The highest BCUT2D eigenvalue weighted by Gasteiger charge is 2.25. The number of benzene rings is 1. The lowest BCUT2D eigenvalue weighted by Gasteiger charge is -2.33. The summed E-state index contributed by atoms with van der Waals surface area (Å²) in [6, 6.07) is 5.62. The molecule has 3 rings (SSSR count). The van der Waals surface area contributed by atoms with Gasteiger partial charge in [0.15, 0.2) is 11.5 Å². The second-order valence-electron chi connectivity index (χ2n) is 7.49. The topological polar surface area (TPSA) is 61.4 Å². The number of H-pyrrole nitrogens is 1. The van der Waals surface area contributed by atoms with Crippen LogP contribution in [0.1, 0.15) is 49.4 Å². The molecule has 0 spiro atoms. The number of ether oxygens (including phenoxy) is 1. The number of rotatable bonds is 6. The lowest BCUT2D eigenvalue weighted by molar-refractivity contribution is 0.197. The van der Waals surface area contributed by atoms with Crippen molar-refractivity contribution in [2.75, 3.05) is 20.2 Å². The van der Waals surface area contributed by atoms with Crippen LogP contribution >= 0.6 is 0 Å². The molecule has 0 bridgehead atoms. The van der Waals surface area contributed by atoms with Gasteiger partial charge in [0.2, 0.25) is 0 Å². The smallest absolute Gasteiger partial charge is 0.160 e. The van der Waals surface area contributed by atoms with E-state index in [1.165, 1.54) is 29.7 Å². The number of hydrogen-bond donors (Lipinski definition) is 2. The van der Waals surface area contributed by atoms with Gasteiger partial charge in [-0.25, -0.2) is 0 Å². The molecular formula is C20H29N3O2. The summed E-state index contributed by atoms with van der Waals surface area (Å²) in [7, 11) is 1.59. The normalized spacial score (nSPS) is 18.6. The van der Waals surface area contributed by atoms with Crippen LogP contribution in [0.3, 0.4) is 0 Å². The minimum absolute atomic E-state index is 0.193. The van der Waals surface area contributed by atoms with Gasteiger partial charge in [0.05, 0.1) is 13.3 Å². The van der Waals surface area contributed by atoms with Crippen LogP contribution in [0.25, 0.3) is 0 Å². The van der Waals surface area contributed by atoms with Crippen LogP contribution in [0.5, 0.6) is 11.5 Å². The van der Waals surface area contributed by atoms with Crippen molar-refractivity contribution in [2.45, 2.75) is 45.6 Å². The van der Waals surface area contributed by atoms with Crippen LogP contribution in [0.15, 0.2) is 24.4 Å². The summed E-state index contributed by atoms with van der Waals surface area (Å²) < 4.78 is 5.23. The number of aromatic nitrogens is 2. The monoisotopic (exact) mass is 343 g/mol. The molecule has 0 radical (unpaired) electrons. The van der Waals surface area contributed by atoms with Crippen molar-refractivity contribution in [2.24, 2.45) is 5.92 Å². The second kappa shape index (κ2) is 7.91. The number of nitrogens with one attached hydrogen (secondary N) is 1. The number of likely N-dealkylation sites (tertiary alicyclic amines) is 1. The van der Waals surface area contributed by atoms with Crippen molar-refractivity contribution in [1.29, 1.82) is 0 Å². The molecule has 2 aromatic rings. The van der Waals surface area contributed by atoms with Gasteiger partial charge >= 0.3 is 0 Å². The third-order valence-corrected chi connectivity index (χ3v) is 4.94. The first-order valence-corrected chi connectivity index (χ1v) is 9.17. The minimum Gasteiger partial charge on any atom is -0.504 e. The Morgan fingerprint density at radius 1 is 1.40 bits per heavy atom. The van der Waals surface area contributed by atoms with Crippen LogP contribution in [0.2, 0.25) is 0 Å². The van der Waals surface area contributed by atoms with Gasteiger partial charge in [0.25, 0.3) is 0 Å². The molecule has 1 aromatic carbocycles. The quantitative estimate of drug-likeness (QED) is 0.839. The number of nitrogens with zero attached hydrogens (tertiary/aromatic N) is 2. The van der Waals surface area contributed by atoms with E-state index in [0.717, 1.165) is 26.1 Å².